The van der Waals surface area contributed by atoms with Gasteiger partial charge in [0.1, 0.15) is 22.9 Å². The molecule has 0 heterocycles. The first kappa shape index (κ1) is 63.8. The molecule has 6 rings (SSSR count). The van der Waals surface area contributed by atoms with Crippen molar-refractivity contribution in [1.82, 2.24) is 0 Å². The summed E-state index contributed by atoms with van der Waals surface area (Å²) in [5.74, 6) is 1.01. The number of hydrogen-bond acceptors (Lipinski definition) is 8. The third-order valence-corrected chi connectivity index (χ3v) is 13.8. The standard InChI is InChI=1S/C20H24O2.C17H22O2.C16H22O2.C15H22O2/c1-5-15(2)16-11-13-17(14-12-16)19(21)22-20(3,4)18-9-7-6-8-10-18;1-3-13(2)14-9-11-15(12-10-14)17(18)19-16-7-5-4-6-8-16;1-6-12(3)13-8-10-14(11-9-13)15(17)18-16(4,5)7-2;1-6-11(2)12-7-9-13(10-8-12)14(16)17-15(3,4)5/h6-15H,5H2,1-4H3;5,7,9-13,16H,3-4,6,8H2,1-2H3;7-12H,2,6H2,1,3-5H3;7-11H,6H2,1-5H3. The minimum atomic E-state index is -0.645. The molecule has 5 aromatic carbocycles. The highest BCUT2D eigenvalue weighted by atomic mass is 16.6. The smallest absolute Gasteiger partial charge is 0.338 e. The molecule has 8 heteroatoms. The number of benzene rings is 5. The molecule has 0 saturated heterocycles. The van der Waals surface area contributed by atoms with Crippen molar-refractivity contribution in [1.29, 1.82) is 0 Å². The minimum absolute atomic E-state index is 0.0458. The van der Waals surface area contributed by atoms with Gasteiger partial charge in [-0.25, -0.2) is 19.2 Å². The lowest BCUT2D eigenvalue weighted by atomic mass is 9.97. The van der Waals surface area contributed by atoms with E-state index in [4.69, 9.17) is 18.9 Å². The van der Waals surface area contributed by atoms with E-state index in [1.54, 1.807) is 6.08 Å². The quantitative estimate of drug-likeness (QED) is 0.0515. The van der Waals surface area contributed by atoms with E-state index < -0.39 is 16.8 Å². The Morgan fingerprint density at radius 2 is 0.842 bits per heavy atom. The number of hydrogen-bond donors (Lipinski definition) is 0. The molecule has 8 nitrogen and oxygen atoms in total. The SMILES string of the molecule is C=CC(C)(C)OC(=O)c1ccc(C(C)CC)cc1.CCC(C)c1ccc(C(=O)OC(C)(C)C)cc1.CCC(C)c1ccc(C(=O)OC(C)(C)c2ccccc2)cc1.CCC(C)c1ccc(C(=O)OC2C=CCCC2)cc1. The number of carbonyl (C=O) groups excluding carboxylic acids is 4. The van der Waals surface area contributed by atoms with Crippen molar-refractivity contribution in [3.05, 3.63) is 202 Å². The average Bonchev–Trinajstić information content (AvgIpc) is 3.42. The third-order valence-electron chi connectivity index (χ3n) is 13.8. The van der Waals surface area contributed by atoms with E-state index >= 15 is 0 Å². The fourth-order valence-corrected chi connectivity index (χ4v) is 7.68. The summed E-state index contributed by atoms with van der Waals surface area (Å²) in [6, 6.07) is 40.7. The van der Waals surface area contributed by atoms with Crippen LogP contribution < -0.4 is 0 Å². The Bertz CT molecular complexity index is 2560. The summed E-state index contributed by atoms with van der Waals surface area (Å²) in [6.45, 7) is 34.1. The Kier molecular flexibility index (Phi) is 25.9. The zero-order valence-electron chi connectivity index (χ0n) is 48.7. The Balaban J connectivity index is 0.000000268. The van der Waals surface area contributed by atoms with Crippen LogP contribution in [0.5, 0.6) is 0 Å². The monoisotopic (exact) mass is 1030 g/mol. The highest BCUT2D eigenvalue weighted by Gasteiger charge is 2.26. The maximum atomic E-state index is 12.4. The molecule has 5 atom stereocenters. The van der Waals surface area contributed by atoms with Gasteiger partial charge in [0.15, 0.2) is 0 Å². The molecule has 1 aliphatic rings. The van der Waals surface area contributed by atoms with Crippen molar-refractivity contribution in [3.63, 3.8) is 0 Å². The molecule has 0 fully saturated rings. The first-order chi connectivity index (χ1) is 35.9. The lowest BCUT2D eigenvalue weighted by Gasteiger charge is -2.25. The summed E-state index contributed by atoms with van der Waals surface area (Å²) in [4.78, 5) is 48.1. The summed E-state index contributed by atoms with van der Waals surface area (Å²) in [6.07, 6.45) is 13.2. The molecule has 5 aromatic rings. The lowest BCUT2D eigenvalue weighted by molar-refractivity contribution is -0.00333. The third kappa shape index (κ3) is 21.6. The van der Waals surface area contributed by atoms with Gasteiger partial charge in [-0.2, -0.15) is 0 Å². The van der Waals surface area contributed by atoms with Crippen molar-refractivity contribution >= 4 is 23.9 Å². The predicted molar refractivity (Wildman–Crippen MR) is 313 cm³/mol. The van der Waals surface area contributed by atoms with Gasteiger partial charge in [0.2, 0.25) is 0 Å². The molecule has 0 N–H and O–H groups in total. The summed E-state index contributed by atoms with van der Waals surface area (Å²) in [5, 5.41) is 0. The number of carbonyl (C=O) groups is 4. The minimum Gasteiger partial charge on any atom is -0.456 e. The molecular weight excluding hydrogens is 945 g/mol. The average molecular weight is 1040 g/mol. The van der Waals surface area contributed by atoms with Crippen LogP contribution in [0.15, 0.2) is 152 Å². The number of allylic oxidation sites excluding steroid dienone is 1. The molecule has 0 spiro atoms. The van der Waals surface area contributed by atoms with Crippen LogP contribution in [0.2, 0.25) is 0 Å². The molecular formula is C68H90O8. The second-order valence-corrected chi connectivity index (χ2v) is 22.0. The van der Waals surface area contributed by atoms with Gasteiger partial charge in [-0.3, -0.25) is 0 Å². The summed E-state index contributed by atoms with van der Waals surface area (Å²) in [7, 11) is 0. The van der Waals surface area contributed by atoms with Gasteiger partial charge in [-0.15, -0.1) is 0 Å². The van der Waals surface area contributed by atoms with Crippen molar-refractivity contribution in [2.24, 2.45) is 0 Å². The molecule has 0 amide bonds. The van der Waals surface area contributed by atoms with E-state index in [0.29, 0.717) is 45.9 Å². The topological polar surface area (TPSA) is 105 Å². The van der Waals surface area contributed by atoms with Crippen LogP contribution in [-0.4, -0.2) is 41.2 Å². The molecule has 0 radical (unpaired) electrons. The second-order valence-electron chi connectivity index (χ2n) is 22.0. The fourth-order valence-electron chi connectivity index (χ4n) is 7.68. The normalized spacial score (nSPS) is 14.7. The Morgan fingerprint density at radius 1 is 0.500 bits per heavy atom. The molecule has 76 heavy (non-hydrogen) atoms. The van der Waals surface area contributed by atoms with Crippen molar-refractivity contribution in [3.8, 4) is 0 Å². The maximum Gasteiger partial charge on any atom is 0.338 e. The van der Waals surface area contributed by atoms with E-state index in [0.717, 1.165) is 50.5 Å². The highest BCUT2D eigenvalue weighted by molar-refractivity contribution is 5.91. The van der Waals surface area contributed by atoms with Gasteiger partial charge in [0, 0.05) is 0 Å². The molecule has 1 aliphatic carbocycles. The zero-order valence-corrected chi connectivity index (χ0v) is 48.7. The van der Waals surface area contributed by atoms with Gasteiger partial charge < -0.3 is 18.9 Å². The molecule has 0 saturated carbocycles. The number of rotatable bonds is 17. The summed E-state index contributed by atoms with van der Waals surface area (Å²) < 4.78 is 21.8. The Morgan fingerprint density at radius 3 is 1.16 bits per heavy atom. The van der Waals surface area contributed by atoms with E-state index in [-0.39, 0.29) is 30.0 Å². The molecule has 0 aliphatic heterocycles. The number of ether oxygens (including phenoxy) is 4. The highest BCUT2D eigenvalue weighted by Crippen LogP contribution is 2.28. The second kappa shape index (κ2) is 30.9. The lowest BCUT2D eigenvalue weighted by Crippen LogP contribution is -2.25. The first-order valence-corrected chi connectivity index (χ1v) is 27.5. The van der Waals surface area contributed by atoms with Crippen LogP contribution in [0.1, 0.15) is 242 Å². The molecule has 410 valence electrons. The predicted octanol–water partition coefficient (Wildman–Crippen LogP) is 18.2. The largest absolute Gasteiger partial charge is 0.456 e. The van der Waals surface area contributed by atoms with Crippen LogP contribution in [0.4, 0.5) is 0 Å². The van der Waals surface area contributed by atoms with Crippen molar-refractivity contribution in [2.75, 3.05) is 0 Å². The maximum absolute atomic E-state index is 12.4. The molecule has 0 aromatic heterocycles. The Hall–Kier alpha value is -6.54. The van der Waals surface area contributed by atoms with E-state index in [9.17, 15) is 19.2 Å². The van der Waals surface area contributed by atoms with Crippen LogP contribution in [0.3, 0.4) is 0 Å². The van der Waals surface area contributed by atoms with E-state index in [1.165, 1.54) is 22.3 Å². The van der Waals surface area contributed by atoms with Crippen molar-refractivity contribution in [2.45, 2.75) is 195 Å². The number of esters is 4. The van der Waals surface area contributed by atoms with Crippen molar-refractivity contribution < 1.29 is 38.1 Å². The summed E-state index contributed by atoms with van der Waals surface area (Å²) >= 11 is 0. The van der Waals surface area contributed by atoms with Crippen LogP contribution in [-0.2, 0) is 24.5 Å². The molecule has 5 unspecified atom stereocenters. The Labute approximate surface area is 457 Å². The van der Waals surface area contributed by atoms with Gasteiger partial charge in [0.25, 0.3) is 0 Å². The zero-order chi connectivity index (χ0) is 56.6. The van der Waals surface area contributed by atoms with Gasteiger partial charge >= 0.3 is 23.9 Å². The molecule has 0 bridgehead atoms. The van der Waals surface area contributed by atoms with E-state index in [1.807, 2.05) is 182 Å². The summed E-state index contributed by atoms with van der Waals surface area (Å²) in [5.41, 5.74) is 6.74. The van der Waals surface area contributed by atoms with Crippen LogP contribution in [0.25, 0.3) is 0 Å². The van der Waals surface area contributed by atoms with Gasteiger partial charge in [0.05, 0.1) is 22.3 Å². The van der Waals surface area contributed by atoms with E-state index in [2.05, 4.69) is 68.0 Å². The van der Waals surface area contributed by atoms with Crippen LogP contribution in [0, 0.1) is 0 Å². The van der Waals surface area contributed by atoms with Gasteiger partial charge in [-0.1, -0.05) is 147 Å². The first-order valence-electron chi connectivity index (χ1n) is 27.5. The van der Waals surface area contributed by atoms with Gasteiger partial charge in [-0.05, 0) is 206 Å². The fraction of sp³-hybridized carbons (Fsp3) is 0.441. The van der Waals surface area contributed by atoms with Crippen LogP contribution >= 0.6 is 0 Å².